The molecular weight excluding hydrogens is 196 g/mol. The van der Waals surface area contributed by atoms with E-state index in [9.17, 15) is 8.78 Å². The third-order valence-corrected chi connectivity index (χ3v) is 2.26. The number of terminal acetylenes is 1. The lowest BCUT2D eigenvalue weighted by Crippen LogP contribution is -2.17. The molecule has 0 heterocycles. The van der Waals surface area contributed by atoms with Gasteiger partial charge in [0.05, 0.1) is 0 Å². The second kappa shape index (κ2) is 5.47. The first-order valence-electron chi connectivity index (χ1n) is 4.74. The molecule has 0 amide bonds. The van der Waals surface area contributed by atoms with E-state index >= 15 is 0 Å². The highest BCUT2D eigenvalue weighted by atomic mass is 19.1. The van der Waals surface area contributed by atoms with Gasteiger partial charge in [-0.3, -0.25) is 0 Å². The van der Waals surface area contributed by atoms with Crippen molar-refractivity contribution < 1.29 is 8.78 Å². The summed E-state index contributed by atoms with van der Waals surface area (Å²) in [7, 11) is 1.73. The molecule has 0 aliphatic heterocycles. The van der Waals surface area contributed by atoms with Gasteiger partial charge in [-0.15, -0.1) is 12.3 Å². The molecule has 1 N–H and O–H groups in total. The Labute approximate surface area is 88.5 Å². The Hall–Kier alpha value is -1.40. The van der Waals surface area contributed by atoms with E-state index in [4.69, 9.17) is 6.42 Å². The maximum absolute atomic E-state index is 13.4. The molecule has 0 bridgehead atoms. The van der Waals surface area contributed by atoms with Crippen LogP contribution in [0.3, 0.4) is 0 Å². The largest absolute Gasteiger partial charge is 0.313 e. The van der Waals surface area contributed by atoms with Crippen LogP contribution >= 0.6 is 0 Å². The SMILES string of the molecule is C#CCCC(NC)c1ccc(F)cc1F. The molecular formula is C12H13F2N. The van der Waals surface area contributed by atoms with Crippen LogP contribution in [0.25, 0.3) is 0 Å². The van der Waals surface area contributed by atoms with E-state index in [2.05, 4.69) is 11.2 Å². The van der Waals surface area contributed by atoms with Crippen molar-refractivity contribution in [1.82, 2.24) is 5.32 Å². The van der Waals surface area contributed by atoms with Gasteiger partial charge in [0.2, 0.25) is 0 Å². The second-order valence-electron chi connectivity index (χ2n) is 3.25. The zero-order valence-corrected chi connectivity index (χ0v) is 8.56. The quantitative estimate of drug-likeness (QED) is 0.752. The number of hydrogen-bond donors (Lipinski definition) is 1. The Morgan fingerprint density at radius 2 is 2.20 bits per heavy atom. The Bertz CT molecular complexity index is 368. The van der Waals surface area contributed by atoms with Gasteiger partial charge in [-0.1, -0.05) is 6.07 Å². The maximum Gasteiger partial charge on any atom is 0.130 e. The molecule has 0 saturated heterocycles. The summed E-state index contributed by atoms with van der Waals surface area (Å²) in [5, 5.41) is 2.96. The van der Waals surface area contributed by atoms with Crippen molar-refractivity contribution in [2.45, 2.75) is 18.9 Å². The van der Waals surface area contributed by atoms with E-state index in [-0.39, 0.29) is 6.04 Å². The van der Waals surface area contributed by atoms with Crippen molar-refractivity contribution >= 4 is 0 Å². The summed E-state index contributed by atoms with van der Waals surface area (Å²) >= 11 is 0. The lowest BCUT2D eigenvalue weighted by atomic mass is 10.0. The van der Waals surface area contributed by atoms with Gasteiger partial charge in [-0.2, -0.15) is 0 Å². The molecule has 0 radical (unpaired) electrons. The van der Waals surface area contributed by atoms with Gasteiger partial charge in [0.15, 0.2) is 0 Å². The van der Waals surface area contributed by atoms with Crippen molar-refractivity contribution in [3.63, 3.8) is 0 Å². The van der Waals surface area contributed by atoms with Crippen LogP contribution in [0.2, 0.25) is 0 Å². The normalized spacial score (nSPS) is 12.1. The van der Waals surface area contributed by atoms with Crippen LogP contribution in [0.1, 0.15) is 24.4 Å². The Morgan fingerprint density at radius 3 is 2.73 bits per heavy atom. The lowest BCUT2D eigenvalue weighted by Gasteiger charge is -2.15. The summed E-state index contributed by atoms with van der Waals surface area (Å²) in [5.74, 6) is 1.39. The average molecular weight is 209 g/mol. The molecule has 0 aliphatic carbocycles. The van der Waals surface area contributed by atoms with Crippen LogP contribution in [0.4, 0.5) is 8.78 Å². The van der Waals surface area contributed by atoms with E-state index in [1.165, 1.54) is 12.1 Å². The first-order valence-corrected chi connectivity index (χ1v) is 4.74. The zero-order chi connectivity index (χ0) is 11.3. The van der Waals surface area contributed by atoms with Crippen LogP contribution < -0.4 is 5.32 Å². The van der Waals surface area contributed by atoms with Gasteiger partial charge < -0.3 is 5.32 Å². The monoisotopic (exact) mass is 209 g/mol. The van der Waals surface area contributed by atoms with Crippen LogP contribution in [-0.2, 0) is 0 Å². The van der Waals surface area contributed by atoms with Crippen molar-refractivity contribution in [2.75, 3.05) is 7.05 Å². The third kappa shape index (κ3) is 3.03. The molecule has 15 heavy (non-hydrogen) atoms. The summed E-state index contributed by atoms with van der Waals surface area (Å²) in [5.41, 5.74) is 0.453. The zero-order valence-electron chi connectivity index (χ0n) is 8.56. The highest BCUT2D eigenvalue weighted by Gasteiger charge is 2.13. The fourth-order valence-electron chi connectivity index (χ4n) is 1.47. The molecule has 0 spiro atoms. The molecule has 3 heteroatoms. The van der Waals surface area contributed by atoms with Gasteiger partial charge >= 0.3 is 0 Å². The number of hydrogen-bond acceptors (Lipinski definition) is 1. The molecule has 0 fully saturated rings. The van der Waals surface area contributed by atoms with Crippen molar-refractivity contribution in [1.29, 1.82) is 0 Å². The standard InChI is InChI=1S/C12H13F2N/c1-3-4-5-12(15-2)10-7-6-9(13)8-11(10)14/h1,6-8,12,15H,4-5H2,2H3. The number of halogens is 2. The number of nitrogens with one attached hydrogen (secondary N) is 1. The van der Waals surface area contributed by atoms with Crippen LogP contribution in [0.15, 0.2) is 18.2 Å². The predicted octanol–water partition coefficient (Wildman–Crippen LogP) is 2.64. The number of rotatable bonds is 4. The van der Waals surface area contributed by atoms with E-state index in [1.807, 2.05) is 0 Å². The van der Waals surface area contributed by atoms with E-state index < -0.39 is 11.6 Å². The van der Waals surface area contributed by atoms with Crippen molar-refractivity contribution in [3.8, 4) is 12.3 Å². The van der Waals surface area contributed by atoms with E-state index in [0.717, 1.165) is 6.07 Å². The summed E-state index contributed by atoms with van der Waals surface area (Å²) in [6, 6.07) is 3.41. The first-order chi connectivity index (χ1) is 7.19. The van der Waals surface area contributed by atoms with Crippen LogP contribution in [0.5, 0.6) is 0 Å². The summed E-state index contributed by atoms with van der Waals surface area (Å²) in [6.07, 6.45) is 6.33. The molecule has 1 aromatic rings. The first kappa shape index (κ1) is 11.7. The molecule has 1 atom stereocenters. The second-order valence-corrected chi connectivity index (χ2v) is 3.25. The minimum absolute atomic E-state index is 0.165. The molecule has 1 unspecified atom stereocenters. The van der Waals surface area contributed by atoms with Gasteiger partial charge in [0, 0.05) is 24.1 Å². The fraction of sp³-hybridized carbons (Fsp3) is 0.333. The Balaban J connectivity index is 2.87. The topological polar surface area (TPSA) is 12.0 Å². The van der Waals surface area contributed by atoms with Crippen molar-refractivity contribution in [3.05, 3.63) is 35.4 Å². The molecule has 1 aromatic carbocycles. The molecule has 0 aromatic heterocycles. The summed E-state index contributed by atoms with van der Waals surface area (Å²) in [6.45, 7) is 0. The minimum Gasteiger partial charge on any atom is -0.313 e. The van der Waals surface area contributed by atoms with E-state index in [0.29, 0.717) is 18.4 Å². The summed E-state index contributed by atoms with van der Waals surface area (Å²) < 4.78 is 26.1. The van der Waals surface area contributed by atoms with Gasteiger partial charge in [0.25, 0.3) is 0 Å². The van der Waals surface area contributed by atoms with Crippen LogP contribution in [-0.4, -0.2) is 7.05 Å². The third-order valence-electron chi connectivity index (χ3n) is 2.26. The van der Waals surface area contributed by atoms with E-state index in [1.54, 1.807) is 7.05 Å². The Morgan fingerprint density at radius 1 is 1.47 bits per heavy atom. The molecule has 0 saturated carbocycles. The van der Waals surface area contributed by atoms with Gasteiger partial charge in [0.1, 0.15) is 11.6 Å². The highest BCUT2D eigenvalue weighted by molar-refractivity contribution is 5.22. The molecule has 1 nitrogen and oxygen atoms in total. The summed E-state index contributed by atoms with van der Waals surface area (Å²) in [4.78, 5) is 0. The molecule has 80 valence electrons. The Kier molecular flexibility index (Phi) is 4.26. The number of benzene rings is 1. The lowest BCUT2D eigenvalue weighted by molar-refractivity contribution is 0.505. The average Bonchev–Trinajstić information content (AvgIpc) is 2.21. The highest BCUT2D eigenvalue weighted by Crippen LogP contribution is 2.21. The predicted molar refractivity (Wildman–Crippen MR) is 56.2 cm³/mol. The van der Waals surface area contributed by atoms with Crippen molar-refractivity contribution in [2.24, 2.45) is 0 Å². The maximum atomic E-state index is 13.4. The molecule has 0 aliphatic rings. The minimum atomic E-state index is -0.567. The van der Waals surface area contributed by atoms with Crippen LogP contribution in [0, 0.1) is 24.0 Å². The molecule has 1 rings (SSSR count). The smallest absolute Gasteiger partial charge is 0.130 e. The van der Waals surface area contributed by atoms with Gasteiger partial charge in [-0.25, -0.2) is 8.78 Å². The fourth-order valence-corrected chi connectivity index (χ4v) is 1.47. The van der Waals surface area contributed by atoms with Gasteiger partial charge in [-0.05, 0) is 19.5 Å².